The smallest absolute Gasteiger partial charge is 0.188 e. The Labute approximate surface area is 114 Å². The minimum absolute atomic E-state index is 0.189. The molecule has 1 heterocycles. The SMILES string of the molecule is Cc1ccc2nc(Nc3ccc(F)c(C)c3)sc2c1. The fraction of sp³-hybridized carbons (Fsp3) is 0.133. The summed E-state index contributed by atoms with van der Waals surface area (Å²) in [5.41, 5.74) is 3.69. The van der Waals surface area contributed by atoms with Gasteiger partial charge in [-0.3, -0.25) is 0 Å². The third-order valence-electron chi connectivity index (χ3n) is 2.95. The molecule has 0 saturated carbocycles. The Morgan fingerprint density at radius 3 is 2.74 bits per heavy atom. The first-order chi connectivity index (χ1) is 9.11. The average Bonchev–Trinajstić information content (AvgIpc) is 2.75. The summed E-state index contributed by atoms with van der Waals surface area (Å²) < 4.78 is 14.4. The minimum Gasteiger partial charge on any atom is -0.332 e. The number of rotatable bonds is 2. The van der Waals surface area contributed by atoms with Crippen LogP contribution in [0, 0.1) is 19.7 Å². The molecule has 0 aliphatic carbocycles. The summed E-state index contributed by atoms with van der Waals surface area (Å²) in [6, 6.07) is 11.2. The topological polar surface area (TPSA) is 24.9 Å². The maximum atomic E-state index is 13.2. The van der Waals surface area contributed by atoms with Gasteiger partial charge in [0, 0.05) is 5.69 Å². The van der Waals surface area contributed by atoms with Crippen LogP contribution < -0.4 is 5.32 Å². The van der Waals surface area contributed by atoms with Crippen molar-refractivity contribution in [1.82, 2.24) is 4.98 Å². The van der Waals surface area contributed by atoms with Crippen molar-refractivity contribution in [1.29, 1.82) is 0 Å². The van der Waals surface area contributed by atoms with E-state index >= 15 is 0 Å². The summed E-state index contributed by atoms with van der Waals surface area (Å²) >= 11 is 1.60. The molecular weight excluding hydrogens is 259 g/mol. The van der Waals surface area contributed by atoms with E-state index in [2.05, 4.69) is 23.3 Å². The lowest BCUT2D eigenvalue weighted by Crippen LogP contribution is -1.91. The Morgan fingerprint density at radius 1 is 1.11 bits per heavy atom. The van der Waals surface area contributed by atoms with Gasteiger partial charge in [-0.05, 0) is 55.3 Å². The molecule has 2 aromatic carbocycles. The van der Waals surface area contributed by atoms with Gasteiger partial charge in [0.1, 0.15) is 5.82 Å². The van der Waals surface area contributed by atoms with Crippen LogP contribution in [0.2, 0.25) is 0 Å². The summed E-state index contributed by atoms with van der Waals surface area (Å²) in [7, 11) is 0. The molecule has 0 atom stereocenters. The van der Waals surface area contributed by atoms with Crippen LogP contribution in [-0.4, -0.2) is 4.98 Å². The number of anilines is 2. The standard InChI is InChI=1S/C15H13FN2S/c1-9-3-6-13-14(7-9)19-15(18-13)17-11-4-5-12(16)10(2)8-11/h3-8H,1-2H3,(H,17,18). The van der Waals surface area contributed by atoms with Crippen molar-refractivity contribution in [3.8, 4) is 0 Å². The lowest BCUT2D eigenvalue weighted by atomic mass is 10.2. The van der Waals surface area contributed by atoms with Crippen LogP contribution in [-0.2, 0) is 0 Å². The van der Waals surface area contributed by atoms with Gasteiger partial charge in [-0.15, -0.1) is 0 Å². The molecule has 0 bridgehead atoms. The van der Waals surface area contributed by atoms with Crippen molar-refractivity contribution in [2.45, 2.75) is 13.8 Å². The third kappa shape index (κ3) is 2.44. The van der Waals surface area contributed by atoms with Crippen molar-refractivity contribution in [3.63, 3.8) is 0 Å². The molecule has 3 aromatic rings. The van der Waals surface area contributed by atoms with E-state index in [1.54, 1.807) is 30.4 Å². The fourth-order valence-electron chi connectivity index (χ4n) is 1.93. The second-order valence-electron chi connectivity index (χ2n) is 4.58. The molecule has 1 N–H and O–H groups in total. The highest BCUT2D eigenvalue weighted by molar-refractivity contribution is 7.22. The Kier molecular flexibility index (Phi) is 2.95. The molecular formula is C15H13FN2S. The monoisotopic (exact) mass is 272 g/mol. The van der Waals surface area contributed by atoms with Gasteiger partial charge in [0.2, 0.25) is 0 Å². The highest BCUT2D eigenvalue weighted by Gasteiger charge is 2.05. The quantitative estimate of drug-likeness (QED) is 0.725. The van der Waals surface area contributed by atoms with E-state index in [4.69, 9.17) is 0 Å². The molecule has 0 unspecified atom stereocenters. The first kappa shape index (κ1) is 12.1. The molecule has 0 radical (unpaired) electrons. The maximum absolute atomic E-state index is 13.2. The van der Waals surface area contributed by atoms with Crippen LogP contribution in [0.4, 0.5) is 15.2 Å². The largest absolute Gasteiger partial charge is 0.332 e. The number of benzene rings is 2. The van der Waals surface area contributed by atoms with Crippen LogP contribution in [0.15, 0.2) is 36.4 Å². The van der Waals surface area contributed by atoms with Gasteiger partial charge >= 0.3 is 0 Å². The fourth-order valence-corrected chi connectivity index (χ4v) is 2.92. The first-order valence-corrected chi connectivity index (χ1v) is 6.84. The third-order valence-corrected chi connectivity index (χ3v) is 3.89. The number of thiazole rings is 1. The van der Waals surface area contributed by atoms with Crippen LogP contribution in [0.25, 0.3) is 10.2 Å². The molecule has 0 amide bonds. The van der Waals surface area contributed by atoms with E-state index in [0.717, 1.165) is 21.0 Å². The zero-order valence-corrected chi connectivity index (χ0v) is 11.5. The number of halogens is 1. The van der Waals surface area contributed by atoms with Gasteiger partial charge in [-0.2, -0.15) is 0 Å². The van der Waals surface area contributed by atoms with E-state index < -0.39 is 0 Å². The van der Waals surface area contributed by atoms with E-state index in [1.807, 2.05) is 12.1 Å². The van der Waals surface area contributed by atoms with Crippen molar-refractivity contribution in [2.24, 2.45) is 0 Å². The van der Waals surface area contributed by atoms with Crippen LogP contribution in [0.5, 0.6) is 0 Å². The van der Waals surface area contributed by atoms with E-state index in [-0.39, 0.29) is 5.82 Å². The van der Waals surface area contributed by atoms with Gasteiger partial charge < -0.3 is 5.32 Å². The van der Waals surface area contributed by atoms with Gasteiger partial charge in [0.25, 0.3) is 0 Å². The van der Waals surface area contributed by atoms with Crippen molar-refractivity contribution in [2.75, 3.05) is 5.32 Å². The van der Waals surface area contributed by atoms with E-state index in [9.17, 15) is 4.39 Å². The summed E-state index contributed by atoms with van der Waals surface area (Å²) in [6.07, 6.45) is 0. The average molecular weight is 272 g/mol. The van der Waals surface area contributed by atoms with Gasteiger partial charge in [-0.1, -0.05) is 17.4 Å². The zero-order chi connectivity index (χ0) is 13.4. The molecule has 0 saturated heterocycles. The predicted octanol–water partition coefficient (Wildman–Crippen LogP) is 4.80. The summed E-state index contributed by atoms with van der Waals surface area (Å²) in [4.78, 5) is 4.51. The number of hydrogen-bond acceptors (Lipinski definition) is 3. The normalized spacial score (nSPS) is 10.9. The van der Waals surface area contributed by atoms with Crippen LogP contribution in [0.3, 0.4) is 0 Å². The molecule has 19 heavy (non-hydrogen) atoms. The maximum Gasteiger partial charge on any atom is 0.188 e. The number of aromatic nitrogens is 1. The summed E-state index contributed by atoms with van der Waals surface area (Å²) in [5, 5.41) is 4.05. The van der Waals surface area contributed by atoms with Gasteiger partial charge in [0.15, 0.2) is 5.13 Å². The molecule has 0 fully saturated rings. The van der Waals surface area contributed by atoms with Gasteiger partial charge in [-0.25, -0.2) is 9.37 Å². The lowest BCUT2D eigenvalue weighted by Gasteiger charge is -2.03. The molecule has 2 nitrogen and oxygen atoms in total. The Bertz CT molecular complexity index is 749. The number of nitrogens with zero attached hydrogens (tertiary/aromatic N) is 1. The van der Waals surface area contributed by atoms with E-state index in [0.29, 0.717) is 5.56 Å². The molecule has 1 aromatic heterocycles. The van der Waals surface area contributed by atoms with Crippen molar-refractivity contribution in [3.05, 3.63) is 53.3 Å². The Balaban J connectivity index is 1.94. The molecule has 0 aliphatic heterocycles. The highest BCUT2D eigenvalue weighted by Crippen LogP contribution is 2.29. The number of nitrogens with one attached hydrogen (secondary N) is 1. The molecule has 0 spiro atoms. The first-order valence-electron chi connectivity index (χ1n) is 6.02. The number of fused-ring (bicyclic) bond motifs is 1. The minimum atomic E-state index is -0.189. The van der Waals surface area contributed by atoms with Crippen LogP contribution >= 0.6 is 11.3 Å². The second-order valence-corrected chi connectivity index (χ2v) is 5.61. The van der Waals surface area contributed by atoms with E-state index in [1.165, 1.54) is 11.6 Å². The number of hydrogen-bond donors (Lipinski definition) is 1. The number of aryl methyl sites for hydroxylation is 2. The lowest BCUT2D eigenvalue weighted by molar-refractivity contribution is 0.619. The molecule has 0 aliphatic rings. The zero-order valence-electron chi connectivity index (χ0n) is 10.7. The summed E-state index contributed by atoms with van der Waals surface area (Å²) in [6.45, 7) is 3.82. The summed E-state index contributed by atoms with van der Waals surface area (Å²) in [5.74, 6) is -0.189. The highest BCUT2D eigenvalue weighted by atomic mass is 32.1. The van der Waals surface area contributed by atoms with Crippen LogP contribution in [0.1, 0.15) is 11.1 Å². The van der Waals surface area contributed by atoms with Crippen molar-refractivity contribution < 1.29 is 4.39 Å². The second kappa shape index (κ2) is 4.63. The Morgan fingerprint density at radius 2 is 1.95 bits per heavy atom. The predicted molar refractivity (Wildman–Crippen MR) is 78.8 cm³/mol. The molecule has 96 valence electrons. The van der Waals surface area contributed by atoms with Gasteiger partial charge in [0.05, 0.1) is 10.2 Å². The van der Waals surface area contributed by atoms with Crippen molar-refractivity contribution >= 4 is 32.4 Å². The molecule has 4 heteroatoms. The molecule has 3 rings (SSSR count). The Hall–Kier alpha value is -1.94.